The van der Waals surface area contributed by atoms with Crippen molar-refractivity contribution < 1.29 is 9.53 Å². The van der Waals surface area contributed by atoms with Crippen molar-refractivity contribution in [3.8, 4) is 34.0 Å². The van der Waals surface area contributed by atoms with Crippen molar-refractivity contribution in [1.29, 1.82) is 0 Å². The summed E-state index contributed by atoms with van der Waals surface area (Å²) in [6.07, 6.45) is 9.02. The number of carbonyl (C=O) groups is 1. The molecule has 0 aliphatic carbocycles. The van der Waals surface area contributed by atoms with Gasteiger partial charge in [0.25, 0.3) is 0 Å². The monoisotopic (exact) mass is 501 g/mol. The maximum absolute atomic E-state index is 12.3. The van der Waals surface area contributed by atoms with Gasteiger partial charge in [-0.25, -0.2) is 14.8 Å². The Bertz CT molecular complexity index is 1270. The topological polar surface area (TPSA) is 73.1 Å². The van der Waals surface area contributed by atoms with Crippen LogP contribution >= 0.6 is 0 Å². The summed E-state index contributed by atoms with van der Waals surface area (Å²) < 4.78 is 7.50. The fourth-order valence-corrected chi connectivity index (χ4v) is 4.47. The van der Waals surface area contributed by atoms with Gasteiger partial charge in [-0.15, -0.1) is 5.54 Å². The predicted molar refractivity (Wildman–Crippen MR) is 145 cm³/mol. The molecular weight excluding hydrogens is 466 g/mol. The van der Waals surface area contributed by atoms with E-state index >= 15 is 0 Å². The van der Waals surface area contributed by atoms with E-state index in [1.807, 2.05) is 74.5 Å². The van der Waals surface area contributed by atoms with E-state index in [-0.39, 0.29) is 12.1 Å². The lowest BCUT2D eigenvalue weighted by Crippen LogP contribution is -2.42. The molecule has 1 aromatic carbocycles. The van der Waals surface area contributed by atoms with Gasteiger partial charge in [-0.1, -0.05) is 37.7 Å². The highest BCUT2D eigenvalue weighted by Gasteiger charge is 2.28. The zero-order chi connectivity index (χ0) is 25.9. The third-order valence-corrected chi connectivity index (χ3v) is 6.65. The molecule has 2 aromatic heterocycles. The van der Waals surface area contributed by atoms with Crippen LogP contribution in [0.3, 0.4) is 0 Å². The largest absolute Gasteiger partial charge is 0.444 e. The van der Waals surface area contributed by atoms with Crippen LogP contribution in [0, 0.1) is 11.5 Å². The van der Waals surface area contributed by atoms with E-state index in [1.54, 1.807) is 4.90 Å². The molecule has 0 atom stereocenters. The lowest BCUT2D eigenvalue weighted by atomic mass is 10.1. The Morgan fingerprint density at radius 3 is 2.36 bits per heavy atom. The zero-order valence-electron chi connectivity index (χ0n) is 22.1. The molecule has 0 N–H and O–H groups in total. The van der Waals surface area contributed by atoms with E-state index < -0.39 is 13.7 Å². The van der Waals surface area contributed by atoms with E-state index in [0.717, 1.165) is 35.1 Å². The molecule has 7 nitrogen and oxygen atoms in total. The summed E-state index contributed by atoms with van der Waals surface area (Å²) in [6, 6.07) is 8.33. The molecule has 8 heteroatoms. The summed E-state index contributed by atoms with van der Waals surface area (Å²) in [6.45, 7) is 13.7. The molecule has 0 unspecified atom stereocenters. The van der Waals surface area contributed by atoms with Gasteiger partial charge in [0.05, 0.1) is 12.2 Å². The van der Waals surface area contributed by atoms with Gasteiger partial charge in [-0.05, 0) is 45.7 Å². The summed E-state index contributed by atoms with van der Waals surface area (Å²) in [5, 5.41) is 4.59. The highest BCUT2D eigenvalue weighted by Crippen LogP contribution is 2.26. The van der Waals surface area contributed by atoms with Gasteiger partial charge in [0, 0.05) is 53.9 Å². The fraction of sp³-hybridized carbons (Fsp3) is 0.429. The van der Waals surface area contributed by atoms with Crippen LogP contribution in [0.15, 0.2) is 49.1 Å². The molecule has 1 amide bonds. The summed E-state index contributed by atoms with van der Waals surface area (Å²) in [4.78, 5) is 23.3. The van der Waals surface area contributed by atoms with Crippen LogP contribution in [0.25, 0.3) is 22.5 Å². The van der Waals surface area contributed by atoms with Gasteiger partial charge in [0.1, 0.15) is 13.7 Å². The van der Waals surface area contributed by atoms with Crippen molar-refractivity contribution in [3.05, 3.63) is 54.6 Å². The van der Waals surface area contributed by atoms with E-state index in [2.05, 4.69) is 46.2 Å². The minimum Gasteiger partial charge on any atom is -0.444 e. The molecule has 3 aromatic rings. The lowest BCUT2D eigenvalue weighted by Gasteiger charge is -2.33. The molecule has 1 fully saturated rings. The molecule has 3 heterocycles. The highest BCUT2D eigenvalue weighted by atomic mass is 28.3. The number of ether oxygens (including phenoxy) is 1. The Morgan fingerprint density at radius 1 is 1.03 bits per heavy atom. The number of piperidine rings is 1. The molecule has 0 bridgehead atoms. The van der Waals surface area contributed by atoms with E-state index in [4.69, 9.17) is 4.74 Å². The van der Waals surface area contributed by atoms with Crippen molar-refractivity contribution in [2.75, 3.05) is 13.1 Å². The number of benzene rings is 1. The maximum Gasteiger partial charge on any atom is 0.410 e. The number of nitrogens with zero attached hydrogens (tertiary/aromatic N) is 5. The Kier molecular flexibility index (Phi) is 7.32. The number of amides is 1. The van der Waals surface area contributed by atoms with Gasteiger partial charge >= 0.3 is 6.09 Å². The summed E-state index contributed by atoms with van der Waals surface area (Å²) in [7, 11) is -1.43. The number of hydrogen-bond acceptors (Lipinski definition) is 5. The average molecular weight is 502 g/mol. The Labute approximate surface area is 214 Å². The average Bonchev–Trinajstić information content (AvgIpc) is 3.32. The molecule has 1 aliphatic rings. The molecule has 4 rings (SSSR count). The van der Waals surface area contributed by atoms with E-state index in [9.17, 15) is 4.79 Å². The lowest BCUT2D eigenvalue weighted by molar-refractivity contribution is 0.0185. The van der Waals surface area contributed by atoms with Crippen LogP contribution < -0.4 is 0 Å². The highest BCUT2D eigenvalue weighted by molar-refractivity contribution is 6.83. The molecule has 188 valence electrons. The van der Waals surface area contributed by atoms with Gasteiger partial charge in [0.2, 0.25) is 0 Å². The number of hydrogen-bond donors (Lipinski definition) is 0. The molecule has 1 saturated heterocycles. The number of likely N-dealkylation sites (tertiary alicyclic amines) is 1. The van der Waals surface area contributed by atoms with Crippen LogP contribution in [0.5, 0.6) is 0 Å². The maximum atomic E-state index is 12.3. The van der Waals surface area contributed by atoms with E-state index in [1.165, 1.54) is 0 Å². The molecule has 36 heavy (non-hydrogen) atoms. The summed E-state index contributed by atoms with van der Waals surface area (Å²) in [5.74, 6) is 3.98. The van der Waals surface area contributed by atoms with Crippen molar-refractivity contribution in [3.63, 3.8) is 0 Å². The van der Waals surface area contributed by atoms with Gasteiger partial charge in [-0.2, -0.15) is 5.10 Å². The van der Waals surface area contributed by atoms with Crippen LogP contribution in [0.1, 0.15) is 45.2 Å². The Balaban J connectivity index is 1.40. The van der Waals surface area contributed by atoms with Gasteiger partial charge in [-0.3, -0.25) is 4.68 Å². The first-order chi connectivity index (χ1) is 17.0. The zero-order valence-corrected chi connectivity index (χ0v) is 23.1. The smallest absolute Gasteiger partial charge is 0.410 e. The quantitative estimate of drug-likeness (QED) is 0.335. The normalized spacial score (nSPS) is 14.8. The van der Waals surface area contributed by atoms with Gasteiger partial charge in [0.15, 0.2) is 5.82 Å². The molecule has 0 saturated carbocycles. The number of aromatic nitrogens is 4. The fourth-order valence-electron chi connectivity index (χ4n) is 3.95. The standard InChI is InChI=1S/C28H35N5O2Si/c1-28(2,3)35-27(34)32-13-10-25(11-14-32)33-20-24(19-31-33)23-17-29-26(30-18-23)22-9-7-8-21(16-22)12-15-36(4,5)6/h7-9,16-20,25H,10-11,13-14H2,1-6H3. The Hall–Kier alpha value is -3.44. The van der Waals surface area contributed by atoms with E-state index in [0.29, 0.717) is 18.9 Å². The van der Waals surface area contributed by atoms with Crippen LogP contribution in [-0.2, 0) is 4.74 Å². The van der Waals surface area contributed by atoms with Crippen molar-refractivity contribution in [1.82, 2.24) is 24.6 Å². The second-order valence-electron chi connectivity index (χ2n) is 11.3. The SMILES string of the molecule is CC(C)(C)OC(=O)N1CCC(n2cc(-c3cnc(-c4cccc(C#C[Si](C)(C)C)c4)nc3)cn2)CC1. The first-order valence-electron chi connectivity index (χ1n) is 12.4. The van der Waals surface area contributed by atoms with Crippen LogP contribution in [0.4, 0.5) is 4.79 Å². The van der Waals surface area contributed by atoms with Crippen LogP contribution in [-0.4, -0.2) is 57.5 Å². The Morgan fingerprint density at radius 2 is 1.72 bits per heavy atom. The van der Waals surface area contributed by atoms with Crippen molar-refractivity contribution >= 4 is 14.2 Å². The second kappa shape index (κ2) is 10.3. The summed E-state index contributed by atoms with van der Waals surface area (Å²) in [5.41, 5.74) is 6.77. The molecule has 0 radical (unpaired) electrons. The van der Waals surface area contributed by atoms with Crippen molar-refractivity contribution in [2.24, 2.45) is 0 Å². The van der Waals surface area contributed by atoms with Crippen molar-refractivity contribution in [2.45, 2.75) is 64.9 Å². The minimum atomic E-state index is -1.43. The molecule has 0 spiro atoms. The summed E-state index contributed by atoms with van der Waals surface area (Å²) >= 11 is 0. The minimum absolute atomic E-state index is 0.243. The predicted octanol–water partition coefficient (Wildman–Crippen LogP) is 5.81. The second-order valence-corrected chi connectivity index (χ2v) is 16.0. The number of carbonyl (C=O) groups excluding carboxylic acids is 1. The van der Waals surface area contributed by atoms with Gasteiger partial charge < -0.3 is 9.64 Å². The van der Waals surface area contributed by atoms with Crippen LogP contribution in [0.2, 0.25) is 19.6 Å². The third kappa shape index (κ3) is 6.82. The third-order valence-electron chi connectivity index (χ3n) is 5.78. The molecule has 1 aliphatic heterocycles. The molecular formula is C28H35N5O2Si. The first kappa shape index (κ1) is 25.6. The first-order valence-corrected chi connectivity index (χ1v) is 15.9. The number of rotatable bonds is 3.